The minimum absolute atomic E-state index is 0.00994. The first-order valence-corrected chi connectivity index (χ1v) is 10.6. The molecule has 1 aromatic carbocycles. The number of hydrogen-bond donors (Lipinski definition) is 2. The molecule has 0 saturated heterocycles. The van der Waals surface area contributed by atoms with E-state index in [9.17, 15) is 22.8 Å². The van der Waals surface area contributed by atoms with Gasteiger partial charge in [0.1, 0.15) is 0 Å². The Labute approximate surface area is 158 Å². The Morgan fingerprint density at radius 2 is 1.81 bits per heavy atom. The maximum absolute atomic E-state index is 12.1. The third-order valence-corrected chi connectivity index (χ3v) is 5.68. The summed E-state index contributed by atoms with van der Waals surface area (Å²) in [6.45, 7) is 1.36. The van der Waals surface area contributed by atoms with Crippen LogP contribution in [0.1, 0.15) is 43.0 Å². The molecule has 1 aromatic rings. The van der Waals surface area contributed by atoms with E-state index in [1.807, 2.05) is 6.92 Å². The van der Waals surface area contributed by atoms with E-state index < -0.39 is 34.4 Å². The van der Waals surface area contributed by atoms with Crippen LogP contribution >= 0.6 is 0 Å². The predicted octanol–water partition coefficient (Wildman–Crippen LogP) is 1.65. The molecule has 1 saturated carbocycles. The first-order valence-electron chi connectivity index (χ1n) is 8.75. The highest BCUT2D eigenvalue weighted by Gasteiger charge is 2.24. The van der Waals surface area contributed by atoms with Crippen LogP contribution in [0.4, 0.5) is 4.79 Å². The van der Waals surface area contributed by atoms with Gasteiger partial charge in [-0.3, -0.25) is 10.1 Å². The molecule has 2 atom stereocenters. The molecular formula is C18H24N2O6S. The molecule has 0 spiro atoms. The average molecular weight is 396 g/mol. The van der Waals surface area contributed by atoms with Gasteiger partial charge in [0, 0.05) is 12.3 Å². The molecule has 9 heteroatoms. The van der Waals surface area contributed by atoms with Crippen LogP contribution in [0.15, 0.2) is 29.2 Å². The molecular weight excluding hydrogens is 372 g/mol. The smallest absolute Gasteiger partial charge is 0.339 e. The summed E-state index contributed by atoms with van der Waals surface area (Å²) in [6, 6.07) is 4.93. The quantitative estimate of drug-likeness (QED) is 0.731. The van der Waals surface area contributed by atoms with Crippen molar-refractivity contribution >= 4 is 27.7 Å². The molecule has 3 amide bonds. The number of benzene rings is 1. The number of amides is 3. The van der Waals surface area contributed by atoms with Gasteiger partial charge in [-0.1, -0.05) is 31.9 Å². The normalized spacial score (nSPS) is 19.8. The molecule has 8 nitrogen and oxygen atoms in total. The van der Waals surface area contributed by atoms with Crippen LogP contribution in [-0.4, -0.2) is 45.2 Å². The van der Waals surface area contributed by atoms with Crippen LogP contribution in [0, 0.1) is 5.92 Å². The Kier molecular flexibility index (Phi) is 6.95. The highest BCUT2D eigenvalue weighted by atomic mass is 32.2. The van der Waals surface area contributed by atoms with Crippen LogP contribution in [0.25, 0.3) is 0 Å². The van der Waals surface area contributed by atoms with E-state index in [0.29, 0.717) is 5.92 Å². The molecule has 1 fully saturated rings. The number of nitrogens with one attached hydrogen (secondary N) is 2. The summed E-state index contributed by atoms with van der Waals surface area (Å²) in [5.74, 6) is -1.40. The molecule has 0 bridgehead atoms. The molecule has 0 unspecified atom stereocenters. The topological polar surface area (TPSA) is 119 Å². The van der Waals surface area contributed by atoms with Crippen LogP contribution in [0.3, 0.4) is 0 Å². The number of carbonyl (C=O) groups is 3. The Balaban J connectivity index is 1.87. The molecule has 2 rings (SSSR count). The standard InChI is InChI=1S/C18H24N2O6S/c1-12-7-3-5-9-14(12)19-18(23)20-16(21)11-26-17(22)13-8-4-6-10-15(13)27(2,24)25/h4,6,8,10,12,14H,3,5,7,9,11H2,1-2H3,(H2,19,20,21,23)/t12-,14-/m0/s1. The van der Waals surface area contributed by atoms with Gasteiger partial charge in [-0.25, -0.2) is 18.0 Å². The number of ether oxygens (including phenoxy) is 1. The molecule has 1 aliphatic rings. The Morgan fingerprint density at radius 3 is 2.48 bits per heavy atom. The van der Waals surface area contributed by atoms with E-state index in [2.05, 4.69) is 10.6 Å². The fourth-order valence-corrected chi connectivity index (χ4v) is 3.94. The molecule has 0 aliphatic heterocycles. The zero-order valence-corrected chi connectivity index (χ0v) is 16.2. The van der Waals surface area contributed by atoms with Crippen molar-refractivity contribution in [1.82, 2.24) is 10.6 Å². The largest absolute Gasteiger partial charge is 0.452 e. The second kappa shape index (κ2) is 8.98. The van der Waals surface area contributed by atoms with Gasteiger partial charge in [0.25, 0.3) is 5.91 Å². The lowest BCUT2D eigenvalue weighted by atomic mass is 9.86. The Hall–Kier alpha value is -2.42. The van der Waals surface area contributed by atoms with Crippen molar-refractivity contribution in [2.45, 2.75) is 43.5 Å². The van der Waals surface area contributed by atoms with Crippen molar-refractivity contribution in [2.75, 3.05) is 12.9 Å². The molecule has 2 N–H and O–H groups in total. The number of urea groups is 1. The highest BCUT2D eigenvalue weighted by molar-refractivity contribution is 7.90. The molecule has 1 aliphatic carbocycles. The molecule has 0 aromatic heterocycles. The summed E-state index contributed by atoms with van der Waals surface area (Å²) in [4.78, 5) is 35.6. The van der Waals surface area contributed by atoms with Crippen molar-refractivity contribution in [1.29, 1.82) is 0 Å². The van der Waals surface area contributed by atoms with Crippen molar-refractivity contribution in [2.24, 2.45) is 5.92 Å². The molecule has 0 radical (unpaired) electrons. The maximum atomic E-state index is 12.1. The lowest BCUT2D eigenvalue weighted by Gasteiger charge is -2.29. The van der Waals surface area contributed by atoms with Gasteiger partial charge in [0.15, 0.2) is 16.4 Å². The van der Waals surface area contributed by atoms with Gasteiger partial charge in [0.2, 0.25) is 0 Å². The minimum Gasteiger partial charge on any atom is -0.452 e. The predicted molar refractivity (Wildman–Crippen MR) is 97.9 cm³/mol. The zero-order valence-electron chi connectivity index (χ0n) is 15.4. The second-order valence-electron chi connectivity index (χ2n) is 6.73. The summed E-state index contributed by atoms with van der Waals surface area (Å²) in [5.41, 5.74) is -0.159. The van der Waals surface area contributed by atoms with Crippen molar-refractivity contribution in [3.8, 4) is 0 Å². The fourth-order valence-electron chi connectivity index (χ4n) is 3.07. The summed E-state index contributed by atoms with van der Waals surface area (Å²) in [5, 5.41) is 4.87. The van der Waals surface area contributed by atoms with E-state index in [4.69, 9.17) is 4.74 Å². The summed E-state index contributed by atoms with van der Waals surface area (Å²) in [7, 11) is -3.62. The van der Waals surface area contributed by atoms with Crippen LogP contribution < -0.4 is 10.6 Å². The first kappa shape index (κ1) is 20.9. The maximum Gasteiger partial charge on any atom is 0.339 e. The zero-order chi connectivity index (χ0) is 20.0. The summed E-state index contributed by atoms with van der Waals surface area (Å²) >= 11 is 0. The average Bonchev–Trinajstić information content (AvgIpc) is 2.61. The van der Waals surface area contributed by atoms with E-state index >= 15 is 0 Å². The van der Waals surface area contributed by atoms with Crippen molar-refractivity contribution in [3.05, 3.63) is 29.8 Å². The van der Waals surface area contributed by atoms with Crippen LogP contribution in [0.2, 0.25) is 0 Å². The second-order valence-corrected chi connectivity index (χ2v) is 8.72. The number of carbonyl (C=O) groups excluding carboxylic acids is 3. The number of hydrogen-bond acceptors (Lipinski definition) is 6. The highest BCUT2D eigenvalue weighted by Crippen LogP contribution is 2.23. The van der Waals surface area contributed by atoms with E-state index in [1.165, 1.54) is 24.3 Å². The first-order chi connectivity index (χ1) is 12.7. The van der Waals surface area contributed by atoms with Gasteiger partial charge in [-0.2, -0.15) is 0 Å². The van der Waals surface area contributed by atoms with E-state index in [1.54, 1.807) is 0 Å². The minimum atomic E-state index is -3.62. The van der Waals surface area contributed by atoms with Crippen LogP contribution in [0.5, 0.6) is 0 Å². The van der Waals surface area contributed by atoms with E-state index in [0.717, 1.165) is 31.9 Å². The number of esters is 1. The third-order valence-electron chi connectivity index (χ3n) is 4.52. The number of sulfone groups is 1. The number of imide groups is 1. The molecule has 148 valence electrons. The lowest BCUT2D eigenvalue weighted by molar-refractivity contribution is -0.123. The van der Waals surface area contributed by atoms with Crippen LogP contribution in [-0.2, 0) is 19.4 Å². The molecule has 27 heavy (non-hydrogen) atoms. The van der Waals surface area contributed by atoms with E-state index in [-0.39, 0.29) is 16.5 Å². The summed E-state index contributed by atoms with van der Waals surface area (Å²) < 4.78 is 28.3. The van der Waals surface area contributed by atoms with Crippen molar-refractivity contribution < 1.29 is 27.5 Å². The monoisotopic (exact) mass is 396 g/mol. The van der Waals surface area contributed by atoms with Gasteiger partial charge < -0.3 is 10.1 Å². The van der Waals surface area contributed by atoms with Gasteiger partial charge >= 0.3 is 12.0 Å². The Bertz CT molecular complexity index is 821. The van der Waals surface area contributed by atoms with Gasteiger partial charge in [0.05, 0.1) is 10.5 Å². The van der Waals surface area contributed by atoms with Crippen molar-refractivity contribution in [3.63, 3.8) is 0 Å². The SMILES string of the molecule is C[C@H]1CCCC[C@@H]1NC(=O)NC(=O)COC(=O)c1ccccc1S(C)(=O)=O. The van der Waals surface area contributed by atoms with Gasteiger partial charge in [-0.15, -0.1) is 0 Å². The fraction of sp³-hybridized carbons (Fsp3) is 0.500. The number of rotatable bonds is 5. The van der Waals surface area contributed by atoms with Gasteiger partial charge in [-0.05, 0) is 30.9 Å². The molecule has 0 heterocycles. The Morgan fingerprint density at radius 1 is 1.15 bits per heavy atom. The third kappa shape index (κ3) is 6.06. The lowest BCUT2D eigenvalue weighted by Crippen LogP contribution is -2.48. The summed E-state index contributed by atoms with van der Waals surface area (Å²) in [6.07, 6.45) is 5.02.